The number of nitrogens with zero attached hydrogens (tertiary/aromatic N) is 4. The molecular formula is C18H23N5O. The van der Waals surface area contributed by atoms with Gasteiger partial charge in [-0.1, -0.05) is 24.6 Å². The van der Waals surface area contributed by atoms with Crippen molar-refractivity contribution >= 4 is 17.5 Å². The van der Waals surface area contributed by atoms with E-state index in [4.69, 9.17) is 0 Å². The molecule has 0 aliphatic carbocycles. The highest BCUT2D eigenvalue weighted by molar-refractivity contribution is 5.92. The lowest BCUT2D eigenvalue weighted by atomic mass is 10.2. The summed E-state index contributed by atoms with van der Waals surface area (Å²) < 4.78 is 0. The molecule has 1 aromatic heterocycles. The fourth-order valence-corrected chi connectivity index (χ4v) is 2.73. The Balaban J connectivity index is 1.68. The number of likely N-dealkylation sites (N-methyl/N-ethyl adjacent to an activating group) is 1. The van der Waals surface area contributed by atoms with Gasteiger partial charge in [-0.15, -0.1) is 0 Å². The van der Waals surface area contributed by atoms with Crippen LogP contribution < -0.4 is 5.32 Å². The second-order valence-corrected chi connectivity index (χ2v) is 5.98. The van der Waals surface area contributed by atoms with Crippen molar-refractivity contribution < 1.29 is 4.79 Å². The van der Waals surface area contributed by atoms with Gasteiger partial charge in [0, 0.05) is 38.1 Å². The number of carbonyl (C=O) groups is 1. The standard InChI is InChI=1S/C18H23N5O/c1-3-22-10-12-23(13-11-22)17(24)16-8-9-19-18(21-16)20-15-6-4-14(2)5-7-15/h4-9H,3,10-13H2,1-2H3,(H,19,20,21). The highest BCUT2D eigenvalue weighted by Gasteiger charge is 2.22. The number of piperazine rings is 1. The first kappa shape index (κ1) is 16.4. The zero-order valence-electron chi connectivity index (χ0n) is 14.2. The molecule has 0 atom stereocenters. The van der Waals surface area contributed by atoms with E-state index in [0.29, 0.717) is 11.6 Å². The molecule has 0 spiro atoms. The summed E-state index contributed by atoms with van der Waals surface area (Å²) >= 11 is 0. The lowest BCUT2D eigenvalue weighted by Crippen LogP contribution is -2.48. The molecular weight excluding hydrogens is 302 g/mol. The van der Waals surface area contributed by atoms with E-state index >= 15 is 0 Å². The molecule has 126 valence electrons. The van der Waals surface area contributed by atoms with Crippen LogP contribution >= 0.6 is 0 Å². The van der Waals surface area contributed by atoms with Crippen molar-refractivity contribution in [2.45, 2.75) is 13.8 Å². The third-order valence-electron chi connectivity index (χ3n) is 4.29. The monoisotopic (exact) mass is 325 g/mol. The van der Waals surface area contributed by atoms with Crippen LogP contribution in [0.15, 0.2) is 36.5 Å². The molecule has 0 saturated carbocycles. The van der Waals surface area contributed by atoms with Gasteiger partial charge in [0.15, 0.2) is 0 Å². The van der Waals surface area contributed by atoms with E-state index in [0.717, 1.165) is 38.4 Å². The Bertz CT molecular complexity index is 693. The average Bonchev–Trinajstić information content (AvgIpc) is 2.63. The van der Waals surface area contributed by atoms with Crippen LogP contribution in [0.4, 0.5) is 11.6 Å². The number of anilines is 2. The summed E-state index contributed by atoms with van der Waals surface area (Å²) in [5.41, 5.74) is 2.53. The second kappa shape index (κ2) is 7.40. The Hall–Kier alpha value is -2.47. The molecule has 1 aliphatic rings. The van der Waals surface area contributed by atoms with Crippen LogP contribution in [0.25, 0.3) is 0 Å². The van der Waals surface area contributed by atoms with Crippen LogP contribution in [-0.4, -0.2) is 58.4 Å². The quantitative estimate of drug-likeness (QED) is 0.935. The van der Waals surface area contributed by atoms with Gasteiger partial charge in [0.1, 0.15) is 5.69 Å². The third-order valence-corrected chi connectivity index (χ3v) is 4.29. The summed E-state index contributed by atoms with van der Waals surface area (Å²) in [7, 11) is 0. The van der Waals surface area contributed by atoms with Gasteiger partial charge < -0.3 is 15.1 Å². The van der Waals surface area contributed by atoms with Crippen molar-refractivity contribution in [3.8, 4) is 0 Å². The number of carbonyl (C=O) groups excluding carboxylic acids is 1. The number of aromatic nitrogens is 2. The van der Waals surface area contributed by atoms with E-state index in [1.165, 1.54) is 5.56 Å². The minimum atomic E-state index is -0.0277. The number of nitrogens with one attached hydrogen (secondary N) is 1. The van der Waals surface area contributed by atoms with Gasteiger partial charge >= 0.3 is 0 Å². The van der Waals surface area contributed by atoms with E-state index in [1.807, 2.05) is 36.1 Å². The summed E-state index contributed by atoms with van der Waals surface area (Å²) in [5, 5.41) is 3.14. The predicted octanol–water partition coefficient (Wildman–Crippen LogP) is 2.31. The van der Waals surface area contributed by atoms with Gasteiger partial charge in [-0.25, -0.2) is 9.97 Å². The highest BCUT2D eigenvalue weighted by Crippen LogP contribution is 2.14. The zero-order valence-corrected chi connectivity index (χ0v) is 14.2. The second-order valence-electron chi connectivity index (χ2n) is 5.98. The van der Waals surface area contributed by atoms with Crippen molar-refractivity contribution in [1.82, 2.24) is 19.8 Å². The zero-order chi connectivity index (χ0) is 16.9. The lowest BCUT2D eigenvalue weighted by molar-refractivity contribution is 0.0637. The van der Waals surface area contributed by atoms with Crippen LogP contribution in [-0.2, 0) is 0 Å². The Morgan fingerprint density at radius 3 is 2.50 bits per heavy atom. The molecule has 6 nitrogen and oxygen atoms in total. The molecule has 1 saturated heterocycles. The molecule has 0 unspecified atom stereocenters. The van der Waals surface area contributed by atoms with Crippen LogP contribution in [0.3, 0.4) is 0 Å². The number of benzene rings is 1. The van der Waals surface area contributed by atoms with Gasteiger partial charge in [-0.3, -0.25) is 4.79 Å². The van der Waals surface area contributed by atoms with Crippen molar-refractivity contribution in [2.24, 2.45) is 0 Å². The topological polar surface area (TPSA) is 61.4 Å². The summed E-state index contributed by atoms with van der Waals surface area (Å²) in [6, 6.07) is 9.65. The average molecular weight is 325 g/mol. The van der Waals surface area contributed by atoms with Gasteiger partial charge in [0.25, 0.3) is 5.91 Å². The van der Waals surface area contributed by atoms with Crippen molar-refractivity contribution in [1.29, 1.82) is 0 Å². The highest BCUT2D eigenvalue weighted by atomic mass is 16.2. The molecule has 3 rings (SSSR count). The smallest absolute Gasteiger partial charge is 0.272 e. The number of aryl methyl sites for hydroxylation is 1. The van der Waals surface area contributed by atoms with E-state index in [9.17, 15) is 4.79 Å². The third kappa shape index (κ3) is 3.89. The maximum Gasteiger partial charge on any atom is 0.272 e. The molecule has 1 amide bonds. The molecule has 2 aromatic rings. The number of amides is 1. The first-order valence-corrected chi connectivity index (χ1v) is 8.34. The summed E-state index contributed by atoms with van der Waals surface area (Å²) in [4.78, 5) is 25.4. The van der Waals surface area contributed by atoms with Crippen LogP contribution in [0.1, 0.15) is 23.0 Å². The molecule has 24 heavy (non-hydrogen) atoms. The molecule has 1 aromatic carbocycles. The van der Waals surface area contributed by atoms with E-state index in [1.54, 1.807) is 12.3 Å². The Morgan fingerprint density at radius 2 is 1.83 bits per heavy atom. The lowest BCUT2D eigenvalue weighted by Gasteiger charge is -2.33. The van der Waals surface area contributed by atoms with Crippen LogP contribution in [0.5, 0.6) is 0 Å². The maximum atomic E-state index is 12.6. The SMILES string of the molecule is CCN1CCN(C(=O)c2ccnc(Nc3ccc(C)cc3)n2)CC1. The van der Waals surface area contributed by atoms with E-state index in [-0.39, 0.29) is 5.91 Å². The van der Waals surface area contributed by atoms with E-state index in [2.05, 4.69) is 27.1 Å². The summed E-state index contributed by atoms with van der Waals surface area (Å²) in [6.45, 7) is 8.54. The molecule has 2 heterocycles. The van der Waals surface area contributed by atoms with Gasteiger partial charge in [-0.05, 0) is 31.7 Å². The molecule has 1 aliphatic heterocycles. The maximum absolute atomic E-state index is 12.6. The molecule has 1 fully saturated rings. The minimum absolute atomic E-state index is 0.0277. The summed E-state index contributed by atoms with van der Waals surface area (Å²) in [6.07, 6.45) is 1.62. The largest absolute Gasteiger partial charge is 0.335 e. The fourth-order valence-electron chi connectivity index (χ4n) is 2.73. The number of hydrogen-bond acceptors (Lipinski definition) is 5. The number of hydrogen-bond donors (Lipinski definition) is 1. The van der Waals surface area contributed by atoms with Crippen molar-refractivity contribution in [3.63, 3.8) is 0 Å². The van der Waals surface area contributed by atoms with Gasteiger partial charge in [0.05, 0.1) is 0 Å². The Kier molecular flexibility index (Phi) is 5.05. The van der Waals surface area contributed by atoms with Crippen LogP contribution in [0.2, 0.25) is 0 Å². The molecule has 1 N–H and O–H groups in total. The minimum Gasteiger partial charge on any atom is -0.335 e. The van der Waals surface area contributed by atoms with Gasteiger partial charge in [0.2, 0.25) is 5.95 Å². The van der Waals surface area contributed by atoms with E-state index < -0.39 is 0 Å². The first-order chi connectivity index (χ1) is 11.7. The Labute approximate surface area is 142 Å². The van der Waals surface area contributed by atoms with Crippen molar-refractivity contribution in [2.75, 3.05) is 38.0 Å². The molecule has 0 radical (unpaired) electrons. The molecule has 6 heteroatoms. The predicted molar refractivity (Wildman–Crippen MR) is 94.5 cm³/mol. The van der Waals surface area contributed by atoms with Crippen LogP contribution in [0, 0.1) is 6.92 Å². The summed E-state index contributed by atoms with van der Waals surface area (Å²) in [5.74, 6) is 0.414. The fraction of sp³-hybridized carbons (Fsp3) is 0.389. The number of rotatable bonds is 4. The van der Waals surface area contributed by atoms with Crippen molar-refractivity contribution in [3.05, 3.63) is 47.8 Å². The molecule has 0 bridgehead atoms. The normalized spacial score (nSPS) is 15.3. The van der Waals surface area contributed by atoms with Gasteiger partial charge in [-0.2, -0.15) is 0 Å². The Morgan fingerprint density at radius 1 is 1.12 bits per heavy atom. The first-order valence-electron chi connectivity index (χ1n) is 8.34.